The summed E-state index contributed by atoms with van der Waals surface area (Å²) in [5.41, 5.74) is 0. The Morgan fingerprint density at radius 3 is 2.42 bits per heavy atom. The molecule has 0 aromatic heterocycles. The average Bonchev–Trinajstić information content (AvgIpc) is 2.44. The van der Waals surface area contributed by atoms with Crippen molar-refractivity contribution in [2.75, 3.05) is 33.2 Å². The molecule has 0 fully saturated rings. The normalized spacial score (nSPS) is 14.7. The minimum absolute atomic E-state index is 0.163. The number of methoxy groups -OCH3 is 2. The highest BCUT2D eigenvalue weighted by Crippen LogP contribution is 2.32. The third-order valence-corrected chi connectivity index (χ3v) is 4.44. The molecule has 1 aromatic rings. The quantitative estimate of drug-likeness (QED) is 0.748. The number of rotatable bonds is 5. The first-order valence-corrected chi connectivity index (χ1v) is 7.40. The van der Waals surface area contributed by atoms with E-state index in [4.69, 9.17) is 18.9 Å². The highest BCUT2D eigenvalue weighted by molar-refractivity contribution is 7.91. The Labute approximate surface area is 112 Å². The zero-order valence-corrected chi connectivity index (χ0v) is 11.6. The van der Waals surface area contributed by atoms with Gasteiger partial charge < -0.3 is 18.9 Å². The molecule has 0 saturated heterocycles. The van der Waals surface area contributed by atoms with Crippen LogP contribution < -0.4 is 9.47 Å². The Morgan fingerprint density at radius 2 is 1.79 bits per heavy atom. The van der Waals surface area contributed by atoms with Crippen molar-refractivity contribution in [1.82, 2.24) is 0 Å². The van der Waals surface area contributed by atoms with Gasteiger partial charge in [-0.3, -0.25) is 0 Å². The second-order valence-electron chi connectivity index (χ2n) is 3.99. The van der Waals surface area contributed by atoms with Gasteiger partial charge in [-0.2, -0.15) is 0 Å². The van der Waals surface area contributed by atoms with Crippen LogP contribution in [-0.4, -0.2) is 47.9 Å². The molecule has 0 radical (unpaired) electrons. The molecule has 1 heterocycles. The van der Waals surface area contributed by atoms with Crippen molar-refractivity contribution < 1.29 is 27.4 Å². The number of hydrogen-bond acceptors (Lipinski definition) is 6. The molecule has 0 atom stereocenters. The summed E-state index contributed by atoms with van der Waals surface area (Å²) in [6.45, 7) is 0.879. The monoisotopic (exact) mass is 288 g/mol. The van der Waals surface area contributed by atoms with Gasteiger partial charge in [-0.1, -0.05) is 0 Å². The number of fused-ring (bicyclic) bond motifs is 1. The predicted octanol–water partition coefficient (Wildman–Crippen LogP) is 0.850. The Balaban J connectivity index is 2.25. The van der Waals surface area contributed by atoms with Gasteiger partial charge in [0.15, 0.2) is 27.6 Å². The van der Waals surface area contributed by atoms with Crippen LogP contribution in [0.15, 0.2) is 23.1 Å². The third-order valence-electron chi connectivity index (χ3n) is 2.75. The molecule has 0 saturated carbocycles. The fourth-order valence-electron chi connectivity index (χ4n) is 1.72. The molecule has 0 unspecified atom stereocenters. The van der Waals surface area contributed by atoms with Crippen LogP contribution in [0.1, 0.15) is 0 Å². The van der Waals surface area contributed by atoms with Gasteiger partial charge in [0.2, 0.25) is 0 Å². The number of ether oxygens (including phenoxy) is 4. The van der Waals surface area contributed by atoms with E-state index < -0.39 is 16.1 Å². The summed E-state index contributed by atoms with van der Waals surface area (Å²) in [6, 6.07) is 4.55. The van der Waals surface area contributed by atoms with Crippen molar-refractivity contribution in [3.8, 4) is 11.5 Å². The Kier molecular flexibility index (Phi) is 4.28. The van der Waals surface area contributed by atoms with Gasteiger partial charge in [-0.25, -0.2) is 8.42 Å². The molecule has 0 spiro atoms. The minimum Gasteiger partial charge on any atom is -0.486 e. The maximum atomic E-state index is 12.2. The van der Waals surface area contributed by atoms with Gasteiger partial charge >= 0.3 is 0 Å². The molecule has 7 heteroatoms. The van der Waals surface area contributed by atoms with E-state index in [1.54, 1.807) is 6.07 Å². The van der Waals surface area contributed by atoms with E-state index in [1.165, 1.54) is 26.4 Å². The van der Waals surface area contributed by atoms with Crippen molar-refractivity contribution in [3.05, 3.63) is 18.2 Å². The SMILES string of the molecule is COC(CS(=O)(=O)c1ccc2c(c1)OCCO2)OC. The number of sulfone groups is 1. The van der Waals surface area contributed by atoms with Crippen LogP contribution in [-0.2, 0) is 19.3 Å². The smallest absolute Gasteiger partial charge is 0.183 e. The summed E-state index contributed by atoms with van der Waals surface area (Å²) in [5.74, 6) is 0.749. The molecule has 0 N–H and O–H groups in total. The van der Waals surface area contributed by atoms with Crippen LogP contribution in [0.2, 0.25) is 0 Å². The van der Waals surface area contributed by atoms with E-state index in [-0.39, 0.29) is 10.6 Å². The van der Waals surface area contributed by atoms with Gasteiger partial charge in [0, 0.05) is 20.3 Å². The molecule has 1 aromatic carbocycles. The lowest BCUT2D eigenvalue weighted by atomic mass is 10.3. The minimum atomic E-state index is -3.50. The fraction of sp³-hybridized carbons (Fsp3) is 0.500. The van der Waals surface area contributed by atoms with Crippen LogP contribution >= 0.6 is 0 Å². The Morgan fingerprint density at radius 1 is 1.16 bits per heavy atom. The lowest BCUT2D eigenvalue weighted by Crippen LogP contribution is -2.25. The van der Waals surface area contributed by atoms with Crippen LogP contribution in [0.25, 0.3) is 0 Å². The van der Waals surface area contributed by atoms with E-state index in [0.717, 1.165) is 0 Å². The molecular formula is C12H16O6S. The lowest BCUT2D eigenvalue weighted by Gasteiger charge is -2.19. The maximum Gasteiger partial charge on any atom is 0.183 e. The van der Waals surface area contributed by atoms with Crippen LogP contribution in [0.5, 0.6) is 11.5 Å². The summed E-state index contributed by atoms with van der Waals surface area (Å²) in [5, 5.41) is 0. The average molecular weight is 288 g/mol. The first kappa shape index (κ1) is 14.1. The molecule has 19 heavy (non-hydrogen) atoms. The third kappa shape index (κ3) is 3.17. The molecule has 2 rings (SSSR count). The maximum absolute atomic E-state index is 12.2. The van der Waals surface area contributed by atoms with Crippen molar-refractivity contribution >= 4 is 9.84 Å². The topological polar surface area (TPSA) is 71.1 Å². The lowest BCUT2D eigenvalue weighted by molar-refractivity contribution is -0.0851. The van der Waals surface area contributed by atoms with Crippen molar-refractivity contribution in [3.63, 3.8) is 0 Å². The number of benzene rings is 1. The zero-order valence-electron chi connectivity index (χ0n) is 10.8. The second kappa shape index (κ2) is 5.77. The number of hydrogen-bond donors (Lipinski definition) is 0. The highest BCUT2D eigenvalue weighted by atomic mass is 32.2. The fourth-order valence-corrected chi connectivity index (χ4v) is 3.11. The Hall–Kier alpha value is -1.31. The van der Waals surface area contributed by atoms with Crippen molar-refractivity contribution in [1.29, 1.82) is 0 Å². The van der Waals surface area contributed by atoms with Gasteiger partial charge in [0.05, 0.1) is 4.90 Å². The molecular weight excluding hydrogens is 272 g/mol. The molecule has 1 aliphatic rings. The zero-order chi connectivity index (χ0) is 13.9. The summed E-state index contributed by atoms with van der Waals surface area (Å²) in [7, 11) is -0.710. The Bertz CT molecular complexity index is 535. The van der Waals surface area contributed by atoms with Crippen molar-refractivity contribution in [2.45, 2.75) is 11.2 Å². The molecule has 0 aliphatic carbocycles. The van der Waals surface area contributed by atoms with Gasteiger partial charge in [0.25, 0.3) is 0 Å². The second-order valence-corrected chi connectivity index (χ2v) is 6.02. The predicted molar refractivity (Wildman–Crippen MR) is 67.3 cm³/mol. The summed E-state index contributed by atoms with van der Waals surface area (Å²) in [4.78, 5) is 0.163. The van der Waals surface area contributed by atoms with E-state index in [2.05, 4.69) is 0 Å². The van der Waals surface area contributed by atoms with Gasteiger partial charge in [-0.05, 0) is 12.1 Å². The van der Waals surface area contributed by atoms with Crippen LogP contribution in [0.3, 0.4) is 0 Å². The van der Waals surface area contributed by atoms with E-state index in [9.17, 15) is 8.42 Å². The molecule has 6 nitrogen and oxygen atoms in total. The van der Waals surface area contributed by atoms with Crippen LogP contribution in [0, 0.1) is 0 Å². The summed E-state index contributed by atoms with van der Waals surface area (Å²) in [6.07, 6.45) is -0.793. The van der Waals surface area contributed by atoms with E-state index >= 15 is 0 Å². The molecule has 0 amide bonds. The van der Waals surface area contributed by atoms with Gasteiger partial charge in [-0.15, -0.1) is 0 Å². The van der Waals surface area contributed by atoms with E-state index in [0.29, 0.717) is 24.7 Å². The molecule has 0 bridgehead atoms. The summed E-state index contributed by atoms with van der Waals surface area (Å²) >= 11 is 0. The highest BCUT2D eigenvalue weighted by Gasteiger charge is 2.23. The van der Waals surface area contributed by atoms with Gasteiger partial charge in [0.1, 0.15) is 19.0 Å². The largest absolute Gasteiger partial charge is 0.486 e. The first-order valence-electron chi connectivity index (χ1n) is 5.75. The summed E-state index contributed by atoms with van der Waals surface area (Å²) < 4.78 is 44.9. The first-order chi connectivity index (χ1) is 9.06. The van der Waals surface area contributed by atoms with Crippen LogP contribution in [0.4, 0.5) is 0 Å². The molecule has 106 valence electrons. The van der Waals surface area contributed by atoms with Crippen molar-refractivity contribution in [2.24, 2.45) is 0 Å². The van der Waals surface area contributed by atoms with E-state index in [1.807, 2.05) is 0 Å². The standard InChI is InChI=1S/C12H16O6S/c1-15-12(16-2)8-19(13,14)9-3-4-10-11(7-9)18-6-5-17-10/h3-4,7,12H,5-6,8H2,1-2H3. The molecule has 1 aliphatic heterocycles.